The van der Waals surface area contributed by atoms with Gasteiger partial charge >= 0.3 is 0 Å². The molecule has 3 rings (SSSR count). The fourth-order valence-corrected chi connectivity index (χ4v) is 3.58. The number of thiophene rings is 1. The number of carbonyl (C=O) groups is 1. The van der Waals surface area contributed by atoms with Crippen molar-refractivity contribution >= 4 is 55.4 Å². The number of nitrogens with zero attached hydrogens (tertiary/aromatic N) is 3. The molecule has 0 fully saturated rings. The van der Waals surface area contributed by atoms with Crippen LogP contribution in [-0.4, -0.2) is 27.2 Å². The molecule has 0 spiro atoms. The highest BCUT2D eigenvalue weighted by Gasteiger charge is 2.18. The summed E-state index contributed by atoms with van der Waals surface area (Å²) in [5.74, 6) is 0.0354. The number of carbonyl (C=O) groups excluding carboxylic acids is 1. The third kappa shape index (κ3) is 3.08. The molecule has 0 aliphatic heterocycles. The molecular weight excluding hydrogens is 394 g/mol. The van der Waals surface area contributed by atoms with Crippen molar-refractivity contribution in [1.82, 2.24) is 15.4 Å². The van der Waals surface area contributed by atoms with Gasteiger partial charge in [-0.15, -0.1) is 11.3 Å². The Hall–Kier alpha value is -2.52. The quantitative estimate of drug-likeness (QED) is 0.457. The predicted molar refractivity (Wildman–Crippen MR) is 97.4 cm³/mol. The molecular formula is C15H12BrN5O2S. The molecule has 9 heteroatoms. The van der Waals surface area contributed by atoms with E-state index in [9.17, 15) is 9.90 Å². The summed E-state index contributed by atoms with van der Waals surface area (Å²) in [7, 11) is 0. The number of aryl methyl sites for hydroxylation is 1. The van der Waals surface area contributed by atoms with Crippen LogP contribution < -0.4 is 11.2 Å². The van der Waals surface area contributed by atoms with Crippen LogP contribution >= 0.6 is 27.3 Å². The normalized spacial score (nSPS) is 11.2. The maximum Gasteiger partial charge on any atom is 0.281 e. The van der Waals surface area contributed by atoms with E-state index in [0.717, 1.165) is 4.47 Å². The van der Waals surface area contributed by atoms with Crippen LogP contribution in [0.4, 0.5) is 5.82 Å². The lowest BCUT2D eigenvalue weighted by Crippen LogP contribution is -2.17. The van der Waals surface area contributed by atoms with E-state index >= 15 is 0 Å². The number of phenolic OH excluding ortho intramolecular Hbond substituents is 1. The van der Waals surface area contributed by atoms with Crippen LogP contribution in [0.25, 0.3) is 10.2 Å². The molecule has 0 unspecified atom stereocenters. The first kappa shape index (κ1) is 16.3. The van der Waals surface area contributed by atoms with Crippen molar-refractivity contribution in [2.45, 2.75) is 6.92 Å². The van der Waals surface area contributed by atoms with Crippen molar-refractivity contribution in [3.05, 3.63) is 45.0 Å². The Bertz CT molecular complexity index is 970. The Balaban J connectivity index is 1.83. The van der Waals surface area contributed by atoms with Gasteiger partial charge in [-0.25, -0.2) is 15.4 Å². The molecule has 0 radical (unpaired) electrons. The number of aromatic hydroxyl groups is 1. The average molecular weight is 406 g/mol. The zero-order valence-corrected chi connectivity index (χ0v) is 14.8. The van der Waals surface area contributed by atoms with Gasteiger partial charge in [0.2, 0.25) is 0 Å². The Labute approximate surface area is 149 Å². The molecule has 0 saturated heterocycles. The number of hydrogen-bond donors (Lipinski definition) is 3. The second-order valence-electron chi connectivity index (χ2n) is 4.90. The Morgan fingerprint density at radius 3 is 3.00 bits per heavy atom. The summed E-state index contributed by atoms with van der Waals surface area (Å²) in [4.78, 5) is 21.5. The van der Waals surface area contributed by atoms with Crippen LogP contribution in [0, 0.1) is 6.92 Å². The van der Waals surface area contributed by atoms with E-state index in [0.29, 0.717) is 32.0 Å². The molecule has 0 bridgehead atoms. The van der Waals surface area contributed by atoms with Gasteiger partial charge in [0, 0.05) is 10.0 Å². The Kier molecular flexibility index (Phi) is 4.45. The number of aromatic nitrogens is 2. The summed E-state index contributed by atoms with van der Waals surface area (Å²) in [5, 5.41) is 14.3. The number of hydrogen-bond acceptors (Lipinski definition) is 7. The minimum Gasteiger partial charge on any atom is -0.507 e. The van der Waals surface area contributed by atoms with E-state index in [1.165, 1.54) is 29.9 Å². The number of nitrogen functional groups attached to an aromatic ring is 1. The lowest BCUT2D eigenvalue weighted by molar-refractivity contribution is 0.0958. The highest BCUT2D eigenvalue weighted by molar-refractivity contribution is 9.10. The van der Waals surface area contributed by atoms with Crippen molar-refractivity contribution < 1.29 is 9.90 Å². The van der Waals surface area contributed by atoms with Crippen LogP contribution in [0.3, 0.4) is 0 Å². The van der Waals surface area contributed by atoms with Gasteiger partial charge in [0.25, 0.3) is 5.91 Å². The molecule has 0 atom stereocenters. The summed E-state index contributed by atoms with van der Waals surface area (Å²) in [5.41, 5.74) is 9.47. The number of rotatable bonds is 3. The molecule has 3 aromatic rings. The topological polar surface area (TPSA) is 113 Å². The maximum atomic E-state index is 12.3. The molecule has 1 aromatic carbocycles. The summed E-state index contributed by atoms with van der Waals surface area (Å²) in [6.45, 7) is 1.79. The maximum absolute atomic E-state index is 12.3. The number of anilines is 1. The van der Waals surface area contributed by atoms with Crippen molar-refractivity contribution in [1.29, 1.82) is 0 Å². The fourth-order valence-electron chi connectivity index (χ4n) is 2.16. The second kappa shape index (κ2) is 6.54. The minimum absolute atomic E-state index is 0.0669. The van der Waals surface area contributed by atoms with Crippen LogP contribution in [0.5, 0.6) is 5.75 Å². The number of nitrogens with one attached hydrogen (secondary N) is 1. The fraction of sp³-hybridized carbons (Fsp3) is 0.0667. The van der Waals surface area contributed by atoms with Gasteiger partial charge in [-0.1, -0.05) is 15.9 Å². The number of fused-ring (bicyclic) bond motifs is 1. The number of nitrogens with two attached hydrogens (primary N) is 1. The second-order valence-corrected chi connectivity index (χ2v) is 6.81. The molecule has 1 amide bonds. The number of hydrazone groups is 1. The van der Waals surface area contributed by atoms with Crippen molar-refractivity contribution in [2.75, 3.05) is 5.73 Å². The third-order valence-corrected chi connectivity index (χ3v) is 5.01. The molecule has 122 valence electrons. The lowest BCUT2D eigenvalue weighted by atomic mass is 10.2. The predicted octanol–water partition coefficient (Wildman–Crippen LogP) is 2.81. The van der Waals surface area contributed by atoms with Crippen LogP contribution in [0.2, 0.25) is 0 Å². The molecule has 0 saturated carbocycles. The summed E-state index contributed by atoms with van der Waals surface area (Å²) < 4.78 is 0.794. The first-order chi connectivity index (χ1) is 11.5. The zero-order chi connectivity index (χ0) is 17.3. The van der Waals surface area contributed by atoms with Gasteiger partial charge in [-0.3, -0.25) is 4.79 Å². The molecule has 2 heterocycles. The van der Waals surface area contributed by atoms with Crippen molar-refractivity contribution in [2.24, 2.45) is 5.10 Å². The number of halogens is 1. The molecule has 24 heavy (non-hydrogen) atoms. The zero-order valence-electron chi connectivity index (χ0n) is 12.4. The Morgan fingerprint density at radius 2 is 2.25 bits per heavy atom. The van der Waals surface area contributed by atoms with Gasteiger partial charge in [-0.05, 0) is 30.7 Å². The summed E-state index contributed by atoms with van der Waals surface area (Å²) >= 11 is 4.53. The largest absolute Gasteiger partial charge is 0.507 e. The summed E-state index contributed by atoms with van der Waals surface area (Å²) in [6.07, 6.45) is 2.73. The van der Waals surface area contributed by atoms with E-state index in [-0.39, 0.29) is 11.7 Å². The van der Waals surface area contributed by atoms with E-state index < -0.39 is 0 Å². The molecule has 2 aromatic heterocycles. The van der Waals surface area contributed by atoms with Gasteiger partial charge in [0.1, 0.15) is 22.7 Å². The van der Waals surface area contributed by atoms with Gasteiger partial charge in [0.05, 0.1) is 16.5 Å². The van der Waals surface area contributed by atoms with E-state index in [2.05, 4.69) is 36.4 Å². The van der Waals surface area contributed by atoms with E-state index in [4.69, 9.17) is 5.73 Å². The average Bonchev–Trinajstić information content (AvgIpc) is 2.89. The molecule has 0 aliphatic rings. The van der Waals surface area contributed by atoms with Gasteiger partial charge < -0.3 is 10.8 Å². The molecule has 7 nitrogen and oxygen atoms in total. The smallest absolute Gasteiger partial charge is 0.281 e. The number of phenols is 1. The first-order valence-electron chi connectivity index (χ1n) is 6.79. The van der Waals surface area contributed by atoms with Crippen LogP contribution in [0.15, 0.2) is 34.1 Å². The number of benzene rings is 1. The van der Waals surface area contributed by atoms with Crippen molar-refractivity contribution in [3.8, 4) is 5.75 Å². The minimum atomic E-state index is -0.374. The lowest BCUT2D eigenvalue weighted by Gasteiger charge is -2.01. The highest BCUT2D eigenvalue weighted by Crippen LogP contribution is 2.31. The van der Waals surface area contributed by atoms with Crippen LogP contribution in [0.1, 0.15) is 20.8 Å². The number of amides is 1. The van der Waals surface area contributed by atoms with Crippen molar-refractivity contribution in [3.63, 3.8) is 0 Å². The molecule has 0 aliphatic carbocycles. The molecule has 4 N–H and O–H groups in total. The van der Waals surface area contributed by atoms with E-state index in [1.54, 1.807) is 19.1 Å². The van der Waals surface area contributed by atoms with Crippen LogP contribution in [-0.2, 0) is 0 Å². The van der Waals surface area contributed by atoms with Gasteiger partial charge in [-0.2, -0.15) is 5.10 Å². The SMILES string of the molecule is Cc1c(C(=O)N/N=C\c2cc(Br)ccc2O)sc2ncnc(N)c12. The first-order valence-corrected chi connectivity index (χ1v) is 8.40. The standard InChI is InChI=1S/C15H12BrN5O2S/c1-7-11-13(17)18-6-19-15(11)24-12(7)14(23)21-20-5-8-4-9(16)2-3-10(8)22/h2-6,22H,1H3,(H,21,23)(H2,17,18,19)/b20-5-. The van der Waals surface area contributed by atoms with E-state index in [1.807, 2.05) is 0 Å². The summed E-state index contributed by atoms with van der Waals surface area (Å²) in [6, 6.07) is 4.92. The third-order valence-electron chi connectivity index (χ3n) is 3.32. The Morgan fingerprint density at radius 1 is 1.46 bits per heavy atom. The highest BCUT2D eigenvalue weighted by atomic mass is 79.9. The monoisotopic (exact) mass is 405 g/mol. The van der Waals surface area contributed by atoms with Gasteiger partial charge in [0.15, 0.2) is 0 Å².